The van der Waals surface area contributed by atoms with Crippen LogP contribution in [-0.2, 0) is 0 Å². The van der Waals surface area contributed by atoms with Gasteiger partial charge in [0.1, 0.15) is 10.8 Å². The van der Waals surface area contributed by atoms with Crippen LogP contribution in [0.5, 0.6) is 0 Å². The molecule has 1 aliphatic rings. The maximum Gasteiger partial charge on any atom is 0.147 e. The van der Waals surface area contributed by atoms with Gasteiger partial charge in [0.05, 0.1) is 5.56 Å². The van der Waals surface area contributed by atoms with Crippen LogP contribution >= 0.6 is 11.5 Å². The van der Waals surface area contributed by atoms with Crippen molar-refractivity contribution in [1.82, 2.24) is 9.36 Å². The average molecular weight is 274 g/mol. The molecular formula is C14H18N4S. The Morgan fingerprint density at radius 2 is 1.84 bits per heavy atom. The molecule has 19 heavy (non-hydrogen) atoms. The van der Waals surface area contributed by atoms with Crippen molar-refractivity contribution in [3.63, 3.8) is 0 Å². The van der Waals surface area contributed by atoms with Gasteiger partial charge in [0, 0.05) is 25.5 Å². The molecule has 1 fully saturated rings. The summed E-state index contributed by atoms with van der Waals surface area (Å²) in [4.78, 5) is 6.48. The first kappa shape index (κ1) is 12.4. The standard InChI is InChI=1S/C14H18N4S/c1-9-7-18(8-10(9)2)14-12(13(15)17-19-14)11-3-5-16-6-4-11/h3-6,9-10H,7-8H2,1-2H3,(H2,15,17). The molecule has 0 aromatic carbocycles. The topological polar surface area (TPSA) is 55.0 Å². The third-order valence-electron chi connectivity index (χ3n) is 3.94. The highest BCUT2D eigenvalue weighted by molar-refractivity contribution is 7.11. The van der Waals surface area contributed by atoms with Gasteiger partial charge in [-0.05, 0) is 41.1 Å². The van der Waals surface area contributed by atoms with Crippen molar-refractivity contribution in [2.45, 2.75) is 13.8 Å². The number of nitrogens with two attached hydrogens (primary N) is 1. The van der Waals surface area contributed by atoms with Crippen molar-refractivity contribution >= 4 is 22.4 Å². The van der Waals surface area contributed by atoms with Gasteiger partial charge in [0.2, 0.25) is 0 Å². The lowest BCUT2D eigenvalue weighted by Gasteiger charge is -2.17. The molecule has 1 aliphatic heterocycles. The van der Waals surface area contributed by atoms with Gasteiger partial charge < -0.3 is 10.6 Å². The summed E-state index contributed by atoms with van der Waals surface area (Å²) in [5.74, 6) is 2.06. The SMILES string of the molecule is CC1CN(c2snc(N)c2-c2ccncc2)CC1C. The van der Waals surface area contributed by atoms with Crippen molar-refractivity contribution < 1.29 is 0 Å². The molecular weight excluding hydrogens is 256 g/mol. The van der Waals surface area contributed by atoms with E-state index in [2.05, 4.69) is 28.1 Å². The number of pyridine rings is 1. The third-order valence-corrected chi connectivity index (χ3v) is 4.87. The van der Waals surface area contributed by atoms with Crippen LogP contribution < -0.4 is 10.6 Å². The molecule has 2 aromatic rings. The zero-order valence-corrected chi connectivity index (χ0v) is 12.0. The average Bonchev–Trinajstić information content (AvgIpc) is 2.95. The van der Waals surface area contributed by atoms with Crippen LogP contribution in [0.2, 0.25) is 0 Å². The lowest BCUT2D eigenvalue weighted by Crippen LogP contribution is -2.19. The summed E-state index contributed by atoms with van der Waals surface area (Å²) < 4.78 is 4.34. The summed E-state index contributed by atoms with van der Waals surface area (Å²) in [6.45, 7) is 6.78. The Labute approximate surface area is 117 Å². The van der Waals surface area contributed by atoms with E-state index in [9.17, 15) is 0 Å². The molecule has 1 saturated heterocycles. The van der Waals surface area contributed by atoms with Gasteiger partial charge in [-0.1, -0.05) is 13.8 Å². The van der Waals surface area contributed by atoms with Crippen molar-refractivity contribution in [3.05, 3.63) is 24.5 Å². The number of rotatable bonds is 2. The fourth-order valence-corrected chi connectivity index (χ4v) is 3.45. The quantitative estimate of drug-likeness (QED) is 0.915. The monoisotopic (exact) mass is 274 g/mol. The predicted molar refractivity (Wildman–Crippen MR) is 80.3 cm³/mol. The van der Waals surface area contributed by atoms with Gasteiger partial charge in [-0.3, -0.25) is 4.98 Å². The largest absolute Gasteiger partial charge is 0.382 e. The number of anilines is 2. The van der Waals surface area contributed by atoms with Crippen molar-refractivity contribution in [2.24, 2.45) is 11.8 Å². The second-order valence-corrected chi connectivity index (χ2v) is 6.10. The first-order valence-corrected chi connectivity index (χ1v) is 7.34. The molecule has 0 saturated carbocycles. The molecule has 100 valence electrons. The fraction of sp³-hybridized carbons (Fsp3) is 0.429. The number of aromatic nitrogens is 2. The maximum atomic E-state index is 6.06. The number of hydrogen-bond donors (Lipinski definition) is 1. The van der Waals surface area contributed by atoms with E-state index in [1.165, 1.54) is 16.5 Å². The minimum absolute atomic E-state index is 0.624. The Balaban J connectivity index is 2.00. The Hall–Kier alpha value is -1.62. The smallest absolute Gasteiger partial charge is 0.147 e. The molecule has 5 heteroatoms. The first-order valence-electron chi connectivity index (χ1n) is 6.57. The van der Waals surface area contributed by atoms with Crippen molar-refractivity contribution in [1.29, 1.82) is 0 Å². The van der Waals surface area contributed by atoms with Crippen LogP contribution in [0.4, 0.5) is 10.8 Å². The van der Waals surface area contributed by atoms with Crippen LogP contribution in [0.1, 0.15) is 13.8 Å². The molecule has 0 bridgehead atoms. The lowest BCUT2D eigenvalue weighted by atomic mass is 10.0. The van der Waals surface area contributed by atoms with E-state index >= 15 is 0 Å². The van der Waals surface area contributed by atoms with Crippen molar-refractivity contribution in [3.8, 4) is 11.1 Å². The molecule has 3 rings (SSSR count). The molecule has 0 radical (unpaired) electrons. The Morgan fingerprint density at radius 3 is 2.47 bits per heavy atom. The van der Waals surface area contributed by atoms with Gasteiger partial charge in [0.25, 0.3) is 0 Å². The van der Waals surface area contributed by atoms with Gasteiger partial charge in [-0.2, -0.15) is 4.37 Å². The van der Waals surface area contributed by atoms with Crippen molar-refractivity contribution in [2.75, 3.05) is 23.7 Å². The zero-order chi connectivity index (χ0) is 13.4. The van der Waals surface area contributed by atoms with E-state index in [-0.39, 0.29) is 0 Å². The van der Waals surface area contributed by atoms with E-state index in [1.807, 2.05) is 12.1 Å². The summed E-state index contributed by atoms with van der Waals surface area (Å²) in [5.41, 5.74) is 8.23. The number of nitrogen functional groups attached to an aromatic ring is 1. The van der Waals surface area contributed by atoms with Gasteiger partial charge >= 0.3 is 0 Å². The summed E-state index contributed by atoms with van der Waals surface area (Å²) in [6.07, 6.45) is 3.59. The van der Waals surface area contributed by atoms with Crippen LogP contribution in [0, 0.1) is 11.8 Å². The summed E-state index contributed by atoms with van der Waals surface area (Å²) >= 11 is 1.50. The lowest BCUT2D eigenvalue weighted by molar-refractivity contribution is 0.494. The fourth-order valence-electron chi connectivity index (χ4n) is 2.59. The highest BCUT2D eigenvalue weighted by atomic mass is 32.1. The second-order valence-electron chi connectivity index (χ2n) is 5.34. The third kappa shape index (κ3) is 2.18. The number of nitrogens with zero attached hydrogens (tertiary/aromatic N) is 3. The summed E-state index contributed by atoms with van der Waals surface area (Å²) in [7, 11) is 0. The van der Waals surface area contributed by atoms with Crippen LogP contribution in [0.15, 0.2) is 24.5 Å². The predicted octanol–water partition coefficient (Wildman–Crippen LogP) is 2.88. The molecule has 0 aliphatic carbocycles. The first-order chi connectivity index (χ1) is 9.16. The van der Waals surface area contributed by atoms with Crippen LogP contribution in [0.25, 0.3) is 11.1 Å². The molecule has 0 amide bonds. The summed E-state index contributed by atoms with van der Waals surface area (Å²) in [5, 5.41) is 1.19. The Kier molecular flexibility index (Phi) is 3.14. The minimum atomic E-state index is 0.624. The molecule has 2 aromatic heterocycles. The Bertz CT molecular complexity index is 556. The second kappa shape index (κ2) is 4.81. The van der Waals surface area contributed by atoms with Crippen LogP contribution in [0.3, 0.4) is 0 Å². The molecule has 2 atom stereocenters. The van der Waals surface area contributed by atoms with E-state index in [0.29, 0.717) is 17.7 Å². The highest BCUT2D eigenvalue weighted by Crippen LogP contribution is 2.41. The molecule has 2 unspecified atom stereocenters. The van der Waals surface area contributed by atoms with Gasteiger partial charge in [0.15, 0.2) is 0 Å². The molecule has 3 heterocycles. The minimum Gasteiger partial charge on any atom is -0.382 e. The van der Waals surface area contributed by atoms with E-state index in [4.69, 9.17) is 5.73 Å². The summed E-state index contributed by atoms with van der Waals surface area (Å²) in [6, 6.07) is 3.99. The van der Waals surface area contributed by atoms with E-state index in [1.54, 1.807) is 12.4 Å². The maximum absolute atomic E-state index is 6.06. The number of hydrogen-bond acceptors (Lipinski definition) is 5. The highest BCUT2D eigenvalue weighted by Gasteiger charge is 2.29. The van der Waals surface area contributed by atoms with Gasteiger partial charge in [-0.15, -0.1) is 0 Å². The van der Waals surface area contributed by atoms with Crippen LogP contribution in [-0.4, -0.2) is 22.4 Å². The zero-order valence-electron chi connectivity index (χ0n) is 11.2. The molecule has 0 spiro atoms. The Morgan fingerprint density at radius 1 is 1.21 bits per heavy atom. The van der Waals surface area contributed by atoms with Gasteiger partial charge in [-0.25, -0.2) is 0 Å². The molecule has 4 nitrogen and oxygen atoms in total. The normalized spacial score (nSPS) is 22.9. The molecule has 2 N–H and O–H groups in total. The van der Waals surface area contributed by atoms with E-state index in [0.717, 1.165) is 24.2 Å². The van der Waals surface area contributed by atoms with E-state index < -0.39 is 0 Å².